The Morgan fingerprint density at radius 1 is 1.32 bits per heavy atom. The van der Waals surface area contributed by atoms with Crippen LogP contribution in [0.5, 0.6) is 5.75 Å². The van der Waals surface area contributed by atoms with Crippen molar-refractivity contribution in [2.45, 2.75) is 4.90 Å². The number of ether oxygens (including phenoxy) is 1. The maximum Gasteiger partial charge on any atom is 0.259 e. The summed E-state index contributed by atoms with van der Waals surface area (Å²) >= 11 is 1.52. The van der Waals surface area contributed by atoms with Gasteiger partial charge in [-0.1, -0.05) is 5.16 Å². The maximum absolute atomic E-state index is 11.4. The molecule has 114 valence electrons. The summed E-state index contributed by atoms with van der Waals surface area (Å²) in [6, 6.07) is 6.09. The third-order valence-corrected chi connectivity index (χ3v) is 4.53. The van der Waals surface area contributed by atoms with Gasteiger partial charge in [0.05, 0.1) is 23.1 Å². The number of sulfonamides is 1. The minimum Gasteiger partial charge on any atom is -0.496 e. The smallest absolute Gasteiger partial charge is 0.259 e. The van der Waals surface area contributed by atoms with Gasteiger partial charge in [-0.15, -0.1) is 0 Å². The molecule has 0 aliphatic heterocycles. The number of thiophene rings is 1. The van der Waals surface area contributed by atoms with E-state index in [9.17, 15) is 8.42 Å². The van der Waals surface area contributed by atoms with Gasteiger partial charge in [0, 0.05) is 11.4 Å². The number of nitrogens with two attached hydrogens (primary N) is 1. The van der Waals surface area contributed by atoms with Crippen LogP contribution in [0.15, 0.2) is 44.4 Å². The van der Waals surface area contributed by atoms with Gasteiger partial charge >= 0.3 is 0 Å². The first-order chi connectivity index (χ1) is 10.5. The van der Waals surface area contributed by atoms with Gasteiger partial charge in [0.2, 0.25) is 15.8 Å². The molecule has 0 bridgehead atoms. The van der Waals surface area contributed by atoms with E-state index in [1.165, 1.54) is 36.6 Å². The number of benzene rings is 1. The van der Waals surface area contributed by atoms with Crippen LogP contribution in [0.3, 0.4) is 0 Å². The summed E-state index contributed by atoms with van der Waals surface area (Å²) in [5, 5.41) is 12.8. The van der Waals surface area contributed by atoms with Crippen molar-refractivity contribution in [1.29, 1.82) is 0 Å². The average molecular weight is 337 g/mol. The highest BCUT2D eigenvalue weighted by molar-refractivity contribution is 7.89. The zero-order chi connectivity index (χ0) is 15.7. The molecular formula is C13H11N3O4S2. The highest BCUT2D eigenvalue weighted by Crippen LogP contribution is 2.31. The molecule has 0 unspecified atom stereocenters. The van der Waals surface area contributed by atoms with E-state index in [1.807, 2.05) is 16.8 Å². The first-order valence-electron chi connectivity index (χ1n) is 6.06. The molecule has 2 aromatic heterocycles. The lowest BCUT2D eigenvalue weighted by molar-refractivity contribution is 0.412. The Kier molecular flexibility index (Phi) is 3.69. The quantitative estimate of drug-likeness (QED) is 0.781. The SMILES string of the molecule is COc1cc(S(N)(=O)=O)ccc1-c1noc(-c2ccsc2)n1. The minimum atomic E-state index is -3.81. The molecule has 1 aromatic carbocycles. The zero-order valence-corrected chi connectivity index (χ0v) is 13.0. The monoisotopic (exact) mass is 337 g/mol. The highest BCUT2D eigenvalue weighted by atomic mass is 32.2. The molecule has 7 nitrogen and oxygen atoms in total. The number of rotatable bonds is 4. The van der Waals surface area contributed by atoms with E-state index < -0.39 is 10.0 Å². The number of nitrogens with zero attached hydrogens (tertiary/aromatic N) is 2. The average Bonchev–Trinajstić information content (AvgIpc) is 3.16. The predicted molar refractivity (Wildman–Crippen MR) is 81.0 cm³/mol. The fourth-order valence-corrected chi connectivity index (χ4v) is 3.03. The van der Waals surface area contributed by atoms with E-state index in [-0.39, 0.29) is 4.90 Å². The summed E-state index contributed by atoms with van der Waals surface area (Å²) in [5.74, 6) is 0.983. The number of methoxy groups -OCH3 is 1. The lowest BCUT2D eigenvalue weighted by Gasteiger charge is -2.06. The molecule has 0 radical (unpaired) electrons. The van der Waals surface area contributed by atoms with Crippen LogP contribution >= 0.6 is 11.3 Å². The molecule has 22 heavy (non-hydrogen) atoms. The van der Waals surface area contributed by atoms with E-state index in [2.05, 4.69) is 10.1 Å². The molecule has 0 fully saturated rings. The lowest BCUT2D eigenvalue weighted by Crippen LogP contribution is -2.12. The molecule has 2 N–H and O–H groups in total. The Hall–Kier alpha value is -2.23. The van der Waals surface area contributed by atoms with Crippen molar-refractivity contribution in [3.8, 4) is 28.6 Å². The topological polar surface area (TPSA) is 108 Å². The molecule has 9 heteroatoms. The summed E-state index contributed by atoms with van der Waals surface area (Å²) < 4.78 is 33.2. The summed E-state index contributed by atoms with van der Waals surface area (Å²) in [7, 11) is -2.39. The Bertz CT molecular complexity index is 901. The molecule has 0 amide bonds. The molecule has 0 spiro atoms. The second-order valence-electron chi connectivity index (χ2n) is 4.34. The molecular weight excluding hydrogens is 326 g/mol. The Balaban J connectivity index is 2.05. The first-order valence-corrected chi connectivity index (χ1v) is 8.55. The first kappa shape index (κ1) is 14.7. The van der Waals surface area contributed by atoms with E-state index >= 15 is 0 Å². The summed E-state index contributed by atoms with van der Waals surface area (Å²) in [6.45, 7) is 0. The molecule has 3 aromatic rings. The standard InChI is InChI=1S/C13H11N3O4S2/c1-19-11-6-9(22(14,17)18)2-3-10(11)12-15-13(20-16-12)8-4-5-21-7-8/h2-7H,1H3,(H2,14,17,18). The van der Waals surface area contributed by atoms with Gasteiger partial charge in [-0.3, -0.25) is 0 Å². The van der Waals surface area contributed by atoms with Crippen LogP contribution in [-0.4, -0.2) is 25.7 Å². The Labute approximate surface area is 130 Å². The maximum atomic E-state index is 11.4. The van der Waals surface area contributed by atoms with Crippen molar-refractivity contribution in [3.05, 3.63) is 35.0 Å². The van der Waals surface area contributed by atoms with Crippen molar-refractivity contribution >= 4 is 21.4 Å². The van der Waals surface area contributed by atoms with Gasteiger partial charge in [0.25, 0.3) is 5.89 Å². The van der Waals surface area contributed by atoms with Crippen LogP contribution in [0.4, 0.5) is 0 Å². The van der Waals surface area contributed by atoms with Crippen molar-refractivity contribution in [1.82, 2.24) is 10.1 Å². The lowest BCUT2D eigenvalue weighted by atomic mass is 10.2. The fourth-order valence-electron chi connectivity index (χ4n) is 1.87. The van der Waals surface area contributed by atoms with Crippen LogP contribution in [0.1, 0.15) is 0 Å². The normalized spacial score (nSPS) is 11.5. The summed E-state index contributed by atoms with van der Waals surface area (Å²) in [5.41, 5.74) is 1.34. The molecule has 2 heterocycles. The van der Waals surface area contributed by atoms with Crippen LogP contribution in [0.25, 0.3) is 22.8 Å². The Morgan fingerprint density at radius 2 is 2.14 bits per heavy atom. The zero-order valence-electron chi connectivity index (χ0n) is 11.4. The van der Waals surface area contributed by atoms with Crippen molar-refractivity contribution in [2.75, 3.05) is 7.11 Å². The second-order valence-corrected chi connectivity index (χ2v) is 6.68. The van der Waals surface area contributed by atoms with Gasteiger partial charge in [-0.2, -0.15) is 16.3 Å². The van der Waals surface area contributed by atoms with E-state index in [4.69, 9.17) is 14.4 Å². The minimum absolute atomic E-state index is 0.0466. The second kappa shape index (κ2) is 5.52. The summed E-state index contributed by atoms with van der Waals surface area (Å²) in [6.07, 6.45) is 0. The predicted octanol–water partition coefficient (Wildman–Crippen LogP) is 2.12. The van der Waals surface area contributed by atoms with Crippen LogP contribution in [-0.2, 0) is 10.0 Å². The van der Waals surface area contributed by atoms with Gasteiger partial charge in [0.15, 0.2) is 0 Å². The fraction of sp³-hybridized carbons (Fsp3) is 0.0769. The summed E-state index contributed by atoms with van der Waals surface area (Å²) in [4.78, 5) is 4.24. The highest BCUT2D eigenvalue weighted by Gasteiger charge is 2.17. The van der Waals surface area contributed by atoms with Gasteiger partial charge in [-0.05, 0) is 23.6 Å². The van der Waals surface area contributed by atoms with Crippen LogP contribution in [0.2, 0.25) is 0 Å². The third kappa shape index (κ3) is 2.73. The van der Waals surface area contributed by atoms with Crippen molar-refractivity contribution in [3.63, 3.8) is 0 Å². The number of hydrogen-bond acceptors (Lipinski definition) is 7. The molecule has 0 aliphatic rings. The van der Waals surface area contributed by atoms with E-state index in [0.717, 1.165) is 5.56 Å². The number of primary sulfonamides is 1. The van der Waals surface area contributed by atoms with E-state index in [1.54, 1.807) is 0 Å². The van der Waals surface area contributed by atoms with Crippen LogP contribution < -0.4 is 9.88 Å². The largest absolute Gasteiger partial charge is 0.496 e. The molecule has 0 saturated carbocycles. The molecule has 0 saturated heterocycles. The van der Waals surface area contributed by atoms with Gasteiger partial charge in [-0.25, -0.2) is 13.6 Å². The van der Waals surface area contributed by atoms with Gasteiger partial charge < -0.3 is 9.26 Å². The molecule has 3 rings (SSSR count). The number of hydrogen-bond donors (Lipinski definition) is 1. The number of aromatic nitrogens is 2. The third-order valence-electron chi connectivity index (χ3n) is 2.94. The van der Waals surface area contributed by atoms with Crippen molar-refractivity contribution < 1.29 is 17.7 Å². The molecule has 0 atom stereocenters. The van der Waals surface area contributed by atoms with Crippen LogP contribution in [0, 0.1) is 0 Å². The molecule has 0 aliphatic carbocycles. The Morgan fingerprint density at radius 3 is 2.77 bits per heavy atom. The van der Waals surface area contributed by atoms with E-state index in [0.29, 0.717) is 23.0 Å². The van der Waals surface area contributed by atoms with Gasteiger partial charge in [0.1, 0.15) is 5.75 Å². The van der Waals surface area contributed by atoms with Crippen molar-refractivity contribution in [2.24, 2.45) is 5.14 Å².